The first-order valence-electron chi connectivity index (χ1n) is 10.7. The van der Waals surface area contributed by atoms with E-state index >= 15 is 4.39 Å². The number of hydrogen-bond acceptors (Lipinski definition) is 5. The van der Waals surface area contributed by atoms with Crippen molar-refractivity contribution in [3.05, 3.63) is 94.8 Å². The van der Waals surface area contributed by atoms with E-state index in [0.717, 1.165) is 17.2 Å². The molecule has 11 heteroatoms. The van der Waals surface area contributed by atoms with Crippen molar-refractivity contribution in [3.63, 3.8) is 0 Å². The van der Waals surface area contributed by atoms with Crippen molar-refractivity contribution in [3.8, 4) is 5.75 Å². The molecule has 0 fully saturated rings. The Hall–Kier alpha value is -3.27. The lowest BCUT2D eigenvalue weighted by molar-refractivity contribution is -0.133. The van der Waals surface area contributed by atoms with Gasteiger partial charge < -0.3 is 20.5 Å². The van der Waals surface area contributed by atoms with Gasteiger partial charge in [-0.2, -0.15) is 0 Å². The third-order valence-electron chi connectivity index (χ3n) is 5.03. The van der Waals surface area contributed by atoms with E-state index in [4.69, 9.17) is 20.6 Å². The Labute approximate surface area is 220 Å². The van der Waals surface area contributed by atoms with Gasteiger partial charge in [0.05, 0.1) is 12.2 Å². The van der Waals surface area contributed by atoms with Crippen molar-refractivity contribution < 1.29 is 23.0 Å². The van der Waals surface area contributed by atoms with Crippen LogP contribution in [0.4, 0.5) is 8.78 Å². The summed E-state index contributed by atoms with van der Waals surface area (Å²) in [6, 6.07) is 12.6. The molecule has 4 N–H and O–H groups in total. The van der Waals surface area contributed by atoms with E-state index in [9.17, 15) is 9.18 Å². The van der Waals surface area contributed by atoms with E-state index in [2.05, 4.69) is 10.3 Å². The topological polar surface area (TPSA) is 110 Å². The number of ether oxygens (including phenoxy) is 2. The zero-order valence-corrected chi connectivity index (χ0v) is 21.1. The van der Waals surface area contributed by atoms with Gasteiger partial charge in [-0.15, -0.1) is 24.8 Å². The van der Waals surface area contributed by atoms with Crippen LogP contribution in [0, 0.1) is 17.0 Å². The van der Waals surface area contributed by atoms with E-state index in [0.29, 0.717) is 12.0 Å². The van der Waals surface area contributed by atoms with Crippen molar-refractivity contribution in [1.82, 2.24) is 10.3 Å². The van der Waals surface area contributed by atoms with Crippen LogP contribution in [-0.4, -0.2) is 29.9 Å². The summed E-state index contributed by atoms with van der Waals surface area (Å²) in [7, 11) is 0. The van der Waals surface area contributed by atoms with Crippen LogP contribution in [-0.2, 0) is 22.5 Å². The fraction of sp³-hybridized carbons (Fsp3) is 0.240. The molecule has 1 heterocycles. The van der Waals surface area contributed by atoms with Crippen molar-refractivity contribution >= 4 is 36.6 Å². The molecule has 3 rings (SSSR count). The molecule has 2 aromatic carbocycles. The fourth-order valence-electron chi connectivity index (χ4n) is 3.27. The Morgan fingerprint density at radius 2 is 1.83 bits per heavy atom. The van der Waals surface area contributed by atoms with Gasteiger partial charge in [0.15, 0.2) is 17.7 Å². The summed E-state index contributed by atoms with van der Waals surface area (Å²) in [6.45, 7) is 1.95. The summed E-state index contributed by atoms with van der Waals surface area (Å²) in [4.78, 5) is 16.8. The Balaban J connectivity index is 0.00000324. The number of halogens is 4. The van der Waals surface area contributed by atoms with Crippen LogP contribution in [0.15, 0.2) is 60.9 Å². The van der Waals surface area contributed by atoms with Crippen LogP contribution in [0.3, 0.4) is 0 Å². The maximum Gasteiger partial charge on any atom is 0.254 e. The van der Waals surface area contributed by atoms with Crippen LogP contribution < -0.4 is 15.8 Å². The SMILES string of the molecule is CCOC(C(=O)NCc1ccc(C(=N)N)cc1)c1c(F)ccc(OCCc2cccnc2)c1F.Cl.Cl. The molecule has 0 radical (unpaired) electrons. The maximum atomic E-state index is 15.2. The van der Waals surface area contributed by atoms with E-state index in [1.807, 2.05) is 6.07 Å². The summed E-state index contributed by atoms with van der Waals surface area (Å²) in [5.74, 6) is -2.82. The van der Waals surface area contributed by atoms with E-state index in [-0.39, 0.29) is 56.2 Å². The molecule has 0 aliphatic heterocycles. The first-order valence-corrected chi connectivity index (χ1v) is 10.7. The highest BCUT2D eigenvalue weighted by Crippen LogP contribution is 2.30. The number of benzene rings is 2. The predicted molar refractivity (Wildman–Crippen MR) is 138 cm³/mol. The number of hydrogen-bond donors (Lipinski definition) is 3. The molecule has 0 spiro atoms. The van der Waals surface area contributed by atoms with E-state index in [1.165, 1.54) is 6.07 Å². The molecular formula is C25H28Cl2F2N4O3. The zero-order chi connectivity index (χ0) is 24.5. The highest BCUT2D eigenvalue weighted by Gasteiger charge is 2.29. The summed E-state index contributed by atoms with van der Waals surface area (Å²) in [5, 5.41) is 10.1. The Kier molecular flexibility index (Phi) is 12.8. The molecule has 0 aliphatic rings. The Morgan fingerprint density at radius 3 is 2.44 bits per heavy atom. The lowest BCUT2D eigenvalue weighted by Crippen LogP contribution is -2.31. The number of nitrogens with zero attached hydrogens (tertiary/aromatic N) is 1. The lowest BCUT2D eigenvalue weighted by atomic mass is 10.1. The number of nitrogen functional groups attached to an aromatic ring is 1. The van der Waals surface area contributed by atoms with Gasteiger partial charge in [0.1, 0.15) is 11.7 Å². The molecular weight excluding hydrogens is 513 g/mol. The van der Waals surface area contributed by atoms with E-state index in [1.54, 1.807) is 49.6 Å². The van der Waals surface area contributed by atoms with Crippen LogP contribution in [0.2, 0.25) is 0 Å². The van der Waals surface area contributed by atoms with Gasteiger partial charge >= 0.3 is 0 Å². The second-order valence-corrected chi connectivity index (χ2v) is 7.40. The molecule has 194 valence electrons. The molecule has 1 atom stereocenters. The molecule has 0 bridgehead atoms. The summed E-state index contributed by atoms with van der Waals surface area (Å²) < 4.78 is 40.8. The number of amidine groups is 1. The Bertz CT molecular complexity index is 1140. The highest BCUT2D eigenvalue weighted by atomic mass is 35.5. The number of rotatable bonds is 11. The molecule has 3 aromatic rings. The second-order valence-electron chi connectivity index (χ2n) is 7.40. The van der Waals surface area contributed by atoms with Crippen molar-refractivity contribution in [1.29, 1.82) is 5.41 Å². The van der Waals surface area contributed by atoms with Gasteiger partial charge in [-0.25, -0.2) is 8.78 Å². The Morgan fingerprint density at radius 1 is 1.11 bits per heavy atom. The lowest BCUT2D eigenvalue weighted by Gasteiger charge is -2.20. The highest BCUT2D eigenvalue weighted by molar-refractivity contribution is 5.94. The standard InChI is InChI=1S/C25H26F2N4O3.2ClH/c1-2-33-23(25(32)31-15-17-5-7-18(8-6-17)24(28)29)21-19(26)9-10-20(22(21)27)34-13-11-16-4-3-12-30-14-16;;/h3-10,12,14,23H,2,11,13,15H2,1H3,(H3,28,29)(H,31,32);2*1H. The summed E-state index contributed by atoms with van der Waals surface area (Å²) in [6.07, 6.45) is 2.32. The smallest absolute Gasteiger partial charge is 0.254 e. The maximum absolute atomic E-state index is 15.2. The van der Waals surface area contributed by atoms with Crippen LogP contribution in [0.1, 0.15) is 35.3 Å². The molecule has 1 unspecified atom stereocenters. The molecule has 0 aliphatic carbocycles. The molecule has 0 saturated carbocycles. The normalized spacial score (nSPS) is 11.0. The van der Waals surface area contributed by atoms with Gasteiger partial charge in [0, 0.05) is 37.5 Å². The summed E-state index contributed by atoms with van der Waals surface area (Å²) in [5.41, 5.74) is 7.11. The van der Waals surface area contributed by atoms with Crippen LogP contribution in [0.25, 0.3) is 0 Å². The fourth-order valence-corrected chi connectivity index (χ4v) is 3.27. The van der Waals surface area contributed by atoms with Crippen LogP contribution >= 0.6 is 24.8 Å². The quantitative estimate of drug-likeness (QED) is 0.245. The van der Waals surface area contributed by atoms with E-state index < -0.39 is 29.2 Å². The number of nitrogens with one attached hydrogen (secondary N) is 2. The van der Waals surface area contributed by atoms with Gasteiger partial charge in [0.2, 0.25) is 0 Å². The molecule has 7 nitrogen and oxygen atoms in total. The largest absolute Gasteiger partial charge is 0.490 e. The predicted octanol–water partition coefficient (Wildman–Crippen LogP) is 4.50. The number of aromatic nitrogens is 1. The molecule has 0 saturated heterocycles. The molecule has 1 amide bonds. The first kappa shape index (κ1) is 30.8. The zero-order valence-electron chi connectivity index (χ0n) is 19.5. The van der Waals surface area contributed by atoms with Crippen molar-refractivity contribution in [2.24, 2.45) is 5.73 Å². The number of amides is 1. The number of carbonyl (C=O) groups is 1. The number of pyridine rings is 1. The molecule has 1 aromatic heterocycles. The van der Waals surface area contributed by atoms with Gasteiger partial charge in [-0.3, -0.25) is 15.2 Å². The average molecular weight is 541 g/mol. The first-order chi connectivity index (χ1) is 16.4. The van der Waals surface area contributed by atoms with Crippen LogP contribution in [0.5, 0.6) is 5.75 Å². The number of carbonyl (C=O) groups excluding carboxylic acids is 1. The third-order valence-corrected chi connectivity index (χ3v) is 5.03. The minimum Gasteiger partial charge on any atom is -0.490 e. The third kappa shape index (κ3) is 8.15. The van der Waals surface area contributed by atoms with Gasteiger partial charge in [-0.1, -0.05) is 30.3 Å². The molecule has 36 heavy (non-hydrogen) atoms. The van der Waals surface area contributed by atoms with Gasteiger partial charge in [-0.05, 0) is 36.2 Å². The summed E-state index contributed by atoms with van der Waals surface area (Å²) >= 11 is 0. The number of nitrogens with two attached hydrogens (primary N) is 1. The second kappa shape index (κ2) is 15.0. The monoisotopic (exact) mass is 540 g/mol. The van der Waals surface area contributed by atoms with Crippen molar-refractivity contribution in [2.45, 2.75) is 26.0 Å². The minimum absolute atomic E-state index is 0. The average Bonchev–Trinajstić information content (AvgIpc) is 2.84. The van der Waals surface area contributed by atoms with Gasteiger partial charge in [0.25, 0.3) is 5.91 Å². The minimum atomic E-state index is -1.50. The van der Waals surface area contributed by atoms with Crippen molar-refractivity contribution in [2.75, 3.05) is 13.2 Å².